The maximum absolute atomic E-state index is 4.94. The van der Waals surface area contributed by atoms with Gasteiger partial charge in [0, 0.05) is 5.69 Å². The zero-order valence-corrected chi connectivity index (χ0v) is 10.9. The predicted molar refractivity (Wildman–Crippen MR) is 70.0 cm³/mol. The minimum atomic E-state index is 0.427. The summed E-state index contributed by atoms with van der Waals surface area (Å²) in [4.78, 5) is 8.29. The Bertz CT molecular complexity index is 419. The molecule has 1 aromatic rings. The van der Waals surface area contributed by atoms with E-state index in [0.29, 0.717) is 17.3 Å². The van der Waals surface area contributed by atoms with Crippen molar-refractivity contribution in [1.82, 2.24) is 9.97 Å². The molecule has 1 rings (SSSR count). The Labute approximate surface area is 102 Å². The molecule has 0 atom stereocenters. The molecule has 0 aliphatic heterocycles. The average Bonchev–Trinajstić information content (AvgIpc) is 2.30. The van der Waals surface area contributed by atoms with Gasteiger partial charge in [-0.3, -0.25) is 0 Å². The minimum absolute atomic E-state index is 0.427. The molecule has 0 N–H and O–H groups in total. The van der Waals surface area contributed by atoms with E-state index in [0.717, 1.165) is 5.69 Å². The van der Waals surface area contributed by atoms with Gasteiger partial charge in [0.2, 0.25) is 0 Å². The van der Waals surface area contributed by atoms with Gasteiger partial charge in [-0.05, 0) is 24.2 Å². The van der Waals surface area contributed by atoms with Crippen LogP contribution in [0.1, 0.15) is 31.1 Å². The first-order valence-corrected chi connectivity index (χ1v) is 5.36. The summed E-state index contributed by atoms with van der Waals surface area (Å²) in [7, 11) is 1.53. The lowest BCUT2D eigenvalue weighted by Crippen LogP contribution is -1.99. The predicted octanol–water partition coefficient (Wildman–Crippen LogP) is 2.67. The molecule has 16 heavy (non-hydrogen) atoms. The van der Waals surface area contributed by atoms with E-state index in [2.05, 4.69) is 40.3 Å². The first-order valence-electron chi connectivity index (χ1n) is 4.91. The van der Waals surface area contributed by atoms with Crippen molar-refractivity contribution in [2.75, 3.05) is 7.11 Å². The van der Waals surface area contributed by atoms with E-state index in [1.54, 1.807) is 6.07 Å². The largest absolute Gasteiger partial charge is 0.493 e. The first-order chi connectivity index (χ1) is 7.67. The van der Waals surface area contributed by atoms with Crippen molar-refractivity contribution in [2.45, 2.75) is 20.8 Å². The topological polar surface area (TPSA) is 35.0 Å². The lowest BCUT2D eigenvalue weighted by atomic mass is 10.3. The number of hydrogen-bond acceptors (Lipinski definition) is 4. The van der Waals surface area contributed by atoms with E-state index >= 15 is 0 Å². The van der Waals surface area contributed by atoms with Crippen LogP contribution >= 0.6 is 12.6 Å². The molecule has 0 unspecified atom stereocenters. The molecule has 0 bridgehead atoms. The summed E-state index contributed by atoms with van der Waals surface area (Å²) in [6.07, 6.45) is 0. The van der Waals surface area contributed by atoms with Crippen LogP contribution in [-0.2, 0) is 4.74 Å². The lowest BCUT2D eigenvalue weighted by Gasteiger charge is -2.03. The number of ether oxygens (including phenoxy) is 1. The monoisotopic (exact) mass is 236 g/mol. The van der Waals surface area contributed by atoms with Crippen LogP contribution < -0.4 is 0 Å². The van der Waals surface area contributed by atoms with Gasteiger partial charge in [-0.15, -0.1) is 0 Å². The van der Waals surface area contributed by atoms with Gasteiger partial charge in [0.15, 0.2) is 11.6 Å². The van der Waals surface area contributed by atoms with Gasteiger partial charge in [0.25, 0.3) is 0 Å². The number of aromatic nitrogens is 2. The van der Waals surface area contributed by atoms with Gasteiger partial charge in [-0.2, -0.15) is 0 Å². The zero-order chi connectivity index (χ0) is 12.6. The van der Waals surface area contributed by atoms with Crippen LogP contribution in [0.25, 0.3) is 5.76 Å². The summed E-state index contributed by atoms with van der Waals surface area (Å²) in [5, 5.41) is 2.48. The highest BCUT2D eigenvalue weighted by Crippen LogP contribution is 2.08. The summed E-state index contributed by atoms with van der Waals surface area (Å²) < 4.78 is 4.94. The Morgan fingerprint density at radius 2 is 2.06 bits per heavy atom. The van der Waals surface area contributed by atoms with E-state index in [1.807, 2.05) is 20.8 Å². The van der Waals surface area contributed by atoms with Crippen LogP contribution in [0.4, 0.5) is 0 Å². The molecule has 0 fully saturated rings. The Hall–Kier alpha value is -1.47. The van der Waals surface area contributed by atoms with Crippen molar-refractivity contribution in [3.8, 4) is 11.2 Å². The molecule has 0 radical (unpaired) electrons. The fraction of sp³-hybridized carbons (Fsp3) is 0.333. The van der Waals surface area contributed by atoms with Crippen molar-refractivity contribution < 1.29 is 4.74 Å². The van der Waals surface area contributed by atoms with Gasteiger partial charge in [0.05, 0.1) is 7.11 Å². The second-order valence-corrected chi connectivity index (χ2v) is 2.81. The molecule has 0 aliphatic rings. The average molecular weight is 236 g/mol. The van der Waals surface area contributed by atoms with Gasteiger partial charge in [-0.25, -0.2) is 9.97 Å². The van der Waals surface area contributed by atoms with Crippen molar-refractivity contribution in [3.63, 3.8) is 0 Å². The highest BCUT2D eigenvalue weighted by Gasteiger charge is 2.04. The van der Waals surface area contributed by atoms with Crippen LogP contribution in [0.5, 0.6) is 0 Å². The molecule has 0 spiro atoms. The number of nitrogens with zero attached hydrogens (tertiary/aromatic N) is 2. The SMILES string of the molecule is C=C(OC)c1nc(C)cc(C#CS)n1.CC. The normalized spacial score (nSPS) is 8.06. The Morgan fingerprint density at radius 3 is 2.56 bits per heavy atom. The van der Waals surface area contributed by atoms with Gasteiger partial charge in [0.1, 0.15) is 5.69 Å². The van der Waals surface area contributed by atoms with E-state index in [-0.39, 0.29) is 0 Å². The molecule has 0 saturated heterocycles. The van der Waals surface area contributed by atoms with Crippen LogP contribution in [0.15, 0.2) is 12.6 Å². The van der Waals surface area contributed by atoms with Gasteiger partial charge >= 0.3 is 0 Å². The number of thiol groups is 1. The third kappa shape index (κ3) is 4.37. The Kier molecular flexibility index (Phi) is 7.06. The summed E-state index contributed by atoms with van der Waals surface area (Å²) in [6, 6.07) is 1.77. The maximum atomic E-state index is 4.94. The summed E-state index contributed by atoms with van der Waals surface area (Å²) in [6.45, 7) is 9.53. The third-order valence-corrected chi connectivity index (χ3v) is 1.65. The molecular weight excluding hydrogens is 220 g/mol. The van der Waals surface area contributed by atoms with Gasteiger partial charge < -0.3 is 4.74 Å². The molecule has 86 valence electrons. The van der Waals surface area contributed by atoms with Crippen molar-refractivity contribution in [1.29, 1.82) is 0 Å². The second kappa shape index (κ2) is 7.77. The molecule has 0 aromatic carbocycles. The first kappa shape index (κ1) is 14.5. The third-order valence-electron chi connectivity index (χ3n) is 1.53. The fourth-order valence-electron chi connectivity index (χ4n) is 0.906. The minimum Gasteiger partial charge on any atom is -0.493 e. The van der Waals surface area contributed by atoms with E-state index in [1.165, 1.54) is 7.11 Å². The highest BCUT2D eigenvalue weighted by atomic mass is 32.1. The van der Waals surface area contributed by atoms with E-state index in [9.17, 15) is 0 Å². The fourth-order valence-corrected chi connectivity index (χ4v) is 1.02. The molecule has 3 nitrogen and oxygen atoms in total. The lowest BCUT2D eigenvalue weighted by molar-refractivity contribution is 0.367. The number of aryl methyl sites for hydroxylation is 1. The number of hydrogen-bond donors (Lipinski definition) is 1. The summed E-state index contributed by atoms with van der Waals surface area (Å²) >= 11 is 3.80. The molecular formula is C12H16N2OS. The van der Waals surface area contributed by atoms with Crippen molar-refractivity contribution >= 4 is 18.4 Å². The van der Waals surface area contributed by atoms with Crippen molar-refractivity contribution in [3.05, 3.63) is 29.9 Å². The van der Waals surface area contributed by atoms with Crippen molar-refractivity contribution in [2.24, 2.45) is 0 Å². The van der Waals surface area contributed by atoms with Gasteiger partial charge in [-0.1, -0.05) is 33.1 Å². The van der Waals surface area contributed by atoms with E-state index in [4.69, 9.17) is 4.74 Å². The van der Waals surface area contributed by atoms with Crippen LogP contribution in [0.3, 0.4) is 0 Å². The molecule has 4 heteroatoms. The molecule has 0 saturated carbocycles. The molecule has 1 heterocycles. The highest BCUT2D eigenvalue weighted by molar-refractivity contribution is 7.85. The standard InChI is InChI=1S/C10H10N2OS.C2H6/c1-7-6-9(4-5-14)12-10(11-7)8(2)13-3;1-2/h6,14H,2H2,1,3H3;1-2H3. The molecule has 0 aliphatic carbocycles. The quantitative estimate of drug-likeness (QED) is 0.487. The zero-order valence-electron chi connectivity index (χ0n) is 10.0. The van der Waals surface area contributed by atoms with E-state index < -0.39 is 0 Å². The summed E-state index contributed by atoms with van der Waals surface area (Å²) in [5.74, 6) is 3.62. The van der Waals surface area contributed by atoms with Crippen LogP contribution in [0, 0.1) is 18.1 Å². The Morgan fingerprint density at radius 1 is 1.44 bits per heavy atom. The molecule has 1 aromatic heterocycles. The van der Waals surface area contributed by atoms with Crippen LogP contribution in [0.2, 0.25) is 0 Å². The Balaban J connectivity index is 0.00000106. The number of methoxy groups -OCH3 is 1. The maximum Gasteiger partial charge on any atom is 0.195 e. The van der Waals surface area contributed by atoms with Crippen LogP contribution in [-0.4, -0.2) is 17.1 Å². The smallest absolute Gasteiger partial charge is 0.195 e. The number of rotatable bonds is 2. The second-order valence-electron chi connectivity index (χ2n) is 2.58. The summed E-state index contributed by atoms with van der Waals surface area (Å²) in [5.41, 5.74) is 1.43. The molecule has 0 amide bonds.